The molecule has 4 N–H and O–H groups in total. The smallest absolute Gasteiger partial charge is 0.177 e. The molecule has 1 aromatic carbocycles. The third-order valence-corrected chi connectivity index (χ3v) is 2.20. The molecule has 0 saturated heterocycles. The Kier molecular flexibility index (Phi) is 3.57. The molecule has 0 aliphatic heterocycles. The van der Waals surface area contributed by atoms with Crippen LogP contribution in [0.1, 0.15) is 11.7 Å². The number of aliphatic hydroxyl groups is 1. The van der Waals surface area contributed by atoms with Crippen molar-refractivity contribution >= 4 is 11.6 Å². The zero-order valence-electron chi connectivity index (χ0n) is 7.70. The lowest BCUT2D eigenvalue weighted by Crippen LogP contribution is -2.12. The third-order valence-electron chi connectivity index (χ3n) is 1.90. The van der Waals surface area contributed by atoms with Crippen LogP contribution in [0.5, 0.6) is 11.5 Å². The van der Waals surface area contributed by atoms with Gasteiger partial charge in [-0.15, -0.1) is 0 Å². The first kappa shape index (κ1) is 11.1. The SMILES string of the molecule is COc1c(C(O)CN)ccc(Cl)c1O. The van der Waals surface area contributed by atoms with Gasteiger partial charge in [0.1, 0.15) is 0 Å². The summed E-state index contributed by atoms with van der Waals surface area (Å²) in [5.74, 6) is -0.0189. The van der Waals surface area contributed by atoms with Crippen LogP contribution in [-0.2, 0) is 0 Å². The Balaban J connectivity index is 3.23. The molecule has 0 aliphatic rings. The molecule has 0 fully saturated rings. The minimum absolute atomic E-state index is 0.0530. The lowest BCUT2D eigenvalue weighted by atomic mass is 10.1. The average Bonchev–Trinajstić information content (AvgIpc) is 2.20. The maximum Gasteiger partial charge on any atom is 0.177 e. The quantitative estimate of drug-likeness (QED) is 0.707. The van der Waals surface area contributed by atoms with Crippen molar-refractivity contribution in [1.82, 2.24) is 0 Å². The van der Waals surface area contributed by atoms with Gasteiger partial charge in [-0.25, -0.2) is 0 Å². The van der Waals surface area contributed by atoms with Crippen molar-refractivity contribution in [3.63, 3.8) is 0 Å². The van der Waals surface area contributed by atoms with Gasteiger partial charge in [-0.1, -0.05) is 17.7 Å². The molecular formula is C9H12ClNO3. The molecule has 0 aromatic heterocycles. The van der Waals surface area contributed by atoms with E-state index in [9.17, 15) is 10.2 Å². The molecule has 1 aromatic rings. The van der Waals surface area contributed by atoms with Crippen LogP contribution < -0.4 is 10.5 Å². The molecule has 0 saturated carbocycles. The van der Waals surface area contributed by atoms with Crippen LogP contribution in [0.2, 0.25) is 5.02 Å². The highest BCUT2D eigenvalue weighted by Gasteiger charge is 2.17. The van der Waals surface area contributed by atoms with Crippen molar-refractivity contribution in [2.45, 2.75) is 6.10 Å². The zero-order chi connectivity index (χ0) is 10.7. The van der Waals surface area contributed by atoms with E-state index in [1.807, 2.05) is 0 Å². The number of benzene rings is 1. The van der Waals surface area contributed by atoms with Crippen molar-refractivity contribution in [3.05, 3.63) is 22.7 Å². The van der Waals surface area contributed by atoms with Gasteiger partial charge >= 0.3 is 0 Å². The summed E-state index contributed by atoms with van der Waals surface area (Å²) >= 11 is 5.67. The van der Waals surface area contributed by atoms with Gasteiger partial charge in [0.15, 0.2) is 11.5 Å². The van der Waals surface area contributed by atoms with E-state index in [4.69, 9.17) is 22.1 Å². The predicted molar refractivity (Wildman–Crippen MR) is 53.7 cm³/mol. The van der Waals surface area contributed by atoms with E-state index in [0.29, 0.717) is 5.56 Å². The molecule has 5 heteroatoms. The van der Waals surface area contributed by atoms with Gasteiger partial charge in [0.25, 0.3) is 0 Å². The van der Waals surface area contributed by atoms with Gasteiger partial charge in [-0.05, 0) is 6.07 Å². The van der Waals surface area contributed by atoms with Crippen LogP contribution in [-0.4, -0.2) is 23.9 Å². The van der Waals surface area contributed by atoms with E-state index < -0.39 is 6.10 Å². The second kappa shape index (κ2) is 4.50. The van der Waals surface area contributed by atoms with Crippen molar-refractivity contribution in [3.8, 4) is 11.5 Å². The number of rotatable bonds is 3. The highest BCUT2D eigenvalue weighted by Crippen LogP contribution is 2.39. The van der Waals surface area contributed by atoms with Crippen molar-refractivity contribution in [2.24, 2.45) is 5.73 Å². The first-order chi connectivity index (χ1) is 6.61. The number of aromatic hydroxyl groups is 1. The summed E-state index contributed by atoms with van der Waals surface area (Å²) < 4.78 is 4.93. The van der Waals surface area contributed by atoms with Crippen molar-refractivity contribution in [1.29, 1.82) is 0 Å². The summed E-state index contributed by atoms with van der Waals surface area (Å²) in [4.78, 5) is 0. The second-order valence-electron chi connectivity index (χ2n) is 2.77. The molecule has 14 heavy (non-hydrogen) atoms. The van der Waals surface area contributed by atoms with E-state index in [0.717, 1.165) is 0 Å². The summed E-state index contributed by atoms with van der Waals surface area (Å²) in [5.41, 5.74) is 5.72. The molecule has 0 radical (unpaired) electrons. The normalized spacial score (nSPS) is 12.6. The number of methoxy groups -OCH3 is 1. The van der Waals surface area contributed by atoms with Gasteiger partial charge in [-0.2, -0.15) is 0 Å². The average molecular weight is 218 g/mol. The summed E-state index contributed by atoms with van der Waals surface area (Å²) in [6, 6.07) is 3.05. The highest BCUT2D eigenvalue weighted by molar-refractivity contribution is 6.32. The van der Waals surface area contributed by atoms with Crippen LogP contribution in [0, 0.1) is 0 Å². The topological polar surface area (TPSA) is 75.7 Å². The minimum atomic E-state index is -0.867. The summed E-state index contributed by atoms with van der Waals surface area (Å²) in [7, 11) is 1.39. The molecule has 1 atom stereocenters. The maximum atomic E-state index is 9.51. The largest absolute Gasteiger partial charge is 0.503 e. The lowest BCUT2D eigenvalue weighted by molar-refractivity contribution is 0.181. The monoisotopic (exact) mass is 217 g/mol. The van der Waals surface area contributed by atoms with Crippen LogP contribution >= 0.6 is 11.6 Å². The van der Waals surface area contributed by atoms with Gasteiger partial charge in [0.2, 0.25) is 0 Å². The molecular weight excluding hydrogens is 206 g/mol. The van der Waals surface area contributed by atoms with Gasteiger partial charge in [0, 0.05) is 12.1 Å². The van der Waals surface area contributed by atoms with Crippen LogP contribution in [0.4, 0.5) is 0 Å². The molecule has 0 heterocycles. The molecule has 1 unspecified atom stereocenters. The predicted octanol–water partition coefficient (Wildman–Crippen LogP) is 1.05. The summed E-state index contributed by atoms with van der Waals surface area (Å²) in [6.45, 7) is 0.0530. The summed E-state index contributed by atoms with van der Waals surface area (Å²) in [5, 5.41) is 19.2. The fraction of sp³-hybridized carbons (Fsp3) is 0.333. The number of halogens is 1. The van der Waals surface area contributed by atoms with Crippen LogP contribution in [0.3, 0.4) is 0 Å². The number of hydrogen-bond donors (Lipinski definition) is 3. The van der Waals surface area contributed by atoms with Crippen molar-refractivity contribution < 1.29 is 14.9 Å². The number of phenols is 1. The van der Waals surface area contributed by atoms with Crippen molar-refractivity contribution in [2.75, 3.05) is 13.7 Å². The minimum Gasteiger partial charge on any atom is -0.503 e. The van der Waals surface area contributed by atoms with E-state index in [-0.39, 0.29) is 23.1 Å². The molecule has 0 aliphatic carbocycles. The number of ether oxygens (including phenoxy) is 1. The molecule has 4 nitrogen and oxygen atoms in total. The second-order valence-corrected chi connectivity index (χ2v) is 3.18. The Labute approximate surface area is 86.9 Å². The highest BCUT2D eigenvalue weighted by atomic mass is 35.5. The van der Waals surface area contributed by atoms with Gasteiger partial charge in [0.05, 0.1) is 18.2 Å². The fourth-order valence-electron chi connectivity index (χ4n) is 1.17. The molecule has 1 rings (SSSR count). The molecule has 0 amide bonds. The standard InChI is InChI=1S/C9H12ClNO3/c1-14-9-5(7(12)4-11)2-3-6(10)8(9)13/h2-3,7,12-13H,4,11H2,1H3. The molecule has 0 bridgehead atoms. The summed E-state index contributed by atoms with van der Waals surface area (Å²) in [6.07, 6.45) is -0.867. The molecule has 78 valence electrons. The first-order valence-corrected chi connectivity index (χ1v) is 4.43. The van der Waals surface area contributed by atoms with Gasteiger partial charge < -0.3 is 20.7 Å². The van der Waals surface area contributed by atoms with E-state index in [2.05, 4.69) is 0 Å². The maximum absolute atomic E-state index is 9.51. The number of nitrogens with two attached hydrogens (primary N) is 1. The first-order valence-electron chi connectivity index (χ1n) is 4.05. The van der Waals surface area contributed by atoms with Crippen LogP contribution in [0.15, 0.2) is 12.1 Å². The Morgan fingerprint density at radius 1 is 1.57 bits per heavy atom. The van der Waals surface area contributed by atoms with Gasteiger partial charge in [-0.3, -0.25) is 0 Å². The number of phenolic OH excluding ortho intramolecular Hbond substituents is 1. The van der Waals surface area contributed by atoms with Crippen LogP contribution in [0.25, 0.3) is 0 Å². The Morgan fingerprint density at radius 3 is 2.71 bits per heavy atom. The number of aliphatic hydroxyl groups excluding tert-OH is 1. The Morgan fingerprint density at radius 2 is 2.21 bits per heavy atom. The van der Waals surface area contributed by atoms with E-state index in [1.54, 1.807) is 6.07 Å². The Hall–Kier alpha value is -0.970. The third kappa shape index (κ3) is 1.92. The van der Waals surface area contributed by atoms with E-state index in [1.165, 1.54) is 13.2 Å². The molecule has 0 spiro atoms. The zero-order valence-corrected chi connectivity index (χ0v) is 8.45. The lowest BCUT2D eigenvalue weighted by Gasteiger charge is -2.14. The number of hydrogen-bond acceptors (Lipinski definition) is 4. The fourth-order valence-corrected chi connectivity index (χ4v) is 1.32. The Bertz CT molecular complexity index is 330. The van der Waals surface area contributed by atoms with E-state index >= 15 is 0 Å².